The van der Waals surface area contributed by atoms with E-state index in [1.165, 1.54) is 18.3 Å². The predicted molar refractivity (Wildman–Crippen MR) is 78.5 cm³/mol. The smallest absolute Gasteiger partial charge is 0.341 e. The minimum atomic E-state index is -1.33. The molecule has 1 N–H and O–H groups in total. The van der Waals surface area contributed by atoms with Crippen LogP contribution in [0.25, 0.3) is 10.9 Å². The number of carboxylic acids is 1. The van der Waals surface area contributed by atoms with Gasteiger partial charge in [-0.25, -0.2) is 9.18 Å². The molecule has 0 saturated carbocycles. The number of aromatic nitrogens is 2. The van der Waals surface area contributed by atoms with E-state index < -0.39 is 17.2 Å². The van der Waals surface area contributed by atoms with Gasteiger partial charge >= 0.3 is 5.97 Å². The molecule has 0 bridgehead atoms. The number of fused-ring (bicyclic) bond motifs is 1. The third-order valence-electron chi connectivity index (χ3n) is 3.37. The molecule has 22 heavy (non-hydrogen) atoms. The molecule has 5 nitrogen and oxygen atoms in total. The van der Waals surface area contributed by atoms with Gasteiger partial charge in [-0.05, 0) is 35.9 Å². The zero-order valence-corrected chi connectivity index (χ0v) is 11.4. The number of aromatic carboxylic acids is 1. The number of nitrogens with zero attached hydrogens (tertiary/aromatic N) is 2. The van der Waals surface area contributed by atoms with Gasteiger partial charge in [0.25, 0.3) is 0 Å². The van der Waals surface area contributed by atoms with Crippen LogP contribution in [-0.2, 0) is 6.54 Å². The molecule has 0 atom stereocenters. The Morgan fingerprint density at radius 2 is 1.95 bits per heavy atom. The van der Waals surface area contributed by atoms with E-state index in [9.17, 15) is 14.0 Å². The van der Waals surface area contributed by atoms with Gasteiger partial charge in [-0.2, -0.15) is 0 Å². The van der Waals surface area contributed by atoms with Crippen molar-refractivity contribution in [3.63, 3.8) is 0 Å². The van der Waals surface area contributed by atoms with Crippen LogP contribution in [0.3, 0.4) is 0 Å². The van der Waals surface area contributed by atoms with Crippen LogP contribution in [0.5, 0.6) is 0 Å². The summed E-state index contributed by atoms with van der Waals surface area (Å²) in [6.07, 6.45) is 4.53. The number of rotatable bonds is 3. The highest BCUT2D eigenvalue weighted by molar-refractivity contribution is 5.92. The largest absolute Gasteiger partial charge is 0.477 e. The van der Waals surface area contributed by atoms with Crippen molar-refractivity contribution < 1.29 is 14.3 Å². The number of carbonyl (C=O) groups is 1. The molecular formula is C16H11FN2O3. The number of benzene rings is 1. The Morgan fingerprint density at radius 1 is 1.23 bits per heavy atom. The van der Waals surface area contributed by atoms with E-state index in [2.05, 4.69) is 4.98 Å². The molecule has 1 aromatic carbocycles. The molecule has 0 unspecified atom stereocenters. The Kier molecular flexibility index (Phi) is 3.42. The van der Waals surface area contributed by atoms with E-state index in [1.54, 1.807) is 29.1 Å². The lowest BCUT2D eigenvalue weighted by molar-refractivity contribution is 0.0695. The van der Waals surface area contributed by atoms with Crippen LogP contribution in [0.15, 0.2) is 53.7 Å². The third kappa shape index (κ3) is 2.46. The fourth-order valence-corrected chi connectivity index (χ4v) is 2.34. The Labute approximate surface area is 124 Å². The molecular weight excluding hydrogens is 287 g/mol. The third-order valence-corrected chi connectivity index (χ3v) is 3.37. The maximum absolute atomic E-state index is 13.4. The van der Waals surface area contributed by atoms with Crippen molar-refractivity contribution in [3.8, 4) is 0 Å². The Bertz CT molecular complexity index is 920. The average Bonchev–Trinajstić information content (AvgIpc) is 2.51. The highest BCUT2D eigenvalue weighted by atomic mass is 19.1. The van der Waals surface area contributed by atoms with Gasteiger partial charge in [0.2, 0.25) is 5.43 Å². The molecule has 6 heteroatoms. The summed E-state index contributed by atoms with van der Waals surface area (Å²) < 4.78 is 15.0. The van der Waals surface area contributed by atoms with E-state index >= 15 is 0 Å². The van der Waals surface area contributed by atoms with E-state index in [4.69, 9.17) is 5.11 Å². The molecule has 3 aromatic rings. The lowest BCUT2D eigenvalue weighted by Gasteiger charge is -2.12. The van der Waals surface area contributed by atoms with Crippen LogP contribution >= 0.6 is 0 Å². The first-order valence-electron chi connectivity index (χ1n) is 6.51. The second-order valence-corrected chi connectivity index (χ2v) is 4.82. The summed E-state index contributed by atoms with van der Waals surface area (Å²) in [6.45, 7) is 0.352. The molecule has 0 saturated heterocycles. The van der Waals surface area contributed by atoms with Crippen molar-refractivity contribution in [2.45, 2.75) is 6.54 Å². The van der Waals surface area contributed by atoms with Crippen LogP contribution < -0.4 is 5.43 Å². The average molecular weight is 298 g/mol. The van der Waals surface area contributed by atoms with E-state index in [0.717, 1.165) is 11.6 Å². The number of pyridine rings is 2. The molecule has 3 rings (SSSR count). The molecule has 0 aliphatic carbocycles. The number of carboxylic acid groups (broad SMARTS) is 1. The molecule has 0 aliphatic heterocycles. The second kappa shape index (κ2) is 5.40. The first-order valence-corrected chi connectivity index (χ1v) is 6.51. The topological polar surface area (TPSA) is 72.2 Å². The van der Waals surface area contributed by atoms with Gasteiger partial charge in [-0.15, -0.1) is 0 Å². The van der Waals surface area contributed by atoms with E-state index in [-0.39, 0.29) is 10.9 Å². The van der Waals surface area contributed by atoms with Crippen molar-refractivity contribution in [2.75, 3.05) is 0 Å². The Balaban J connectivity index is 2.26. The van der Waals surface area contributed by atoms with Gasteiger partial charge < -0.3 is 9.67 Å². The SMILES string of the molecule is O=C(O)c1cn(Cc2ccncc2)c2ccc(F)cc2c1=O. The summed E-state index contributed by atoms with van der Waals surface area (Å²) in [6, 6.07) is 7.35. The highest BCUT2D eigenvalue weighted by Gasteiger charge is 2.15. The molecule has 2 heterocycles. The standard InChI is InChI=1S/C16H11FN2O3/c17-11-1-2-14-12(7-11)15(20)13(16(21)22)9-19(14)8-10-3-5-18-6-4-10/h1-7,9H,8H2,(H,21,22). The first-order chi connectivity index (χ1) is 10.6. The zero-order chi connectivity index (χ0) is 15.7. The van der Waals surface area contributed by atoms with Crippen molar-refractivity contribution in [3.05, 3.63) is 76.1 Å². The van der Waals surface area contributed by atoms with Gasteiger partial charge in [-0.3, -0.25) is 9.78 Å². The Morgan fingerprint density at radius 3 is 2.64 bits per heavy atom. The summed E-state index contributed by atoms with van der Waals surface area (Å²) >= 11 is 0. The molecule has 0 amide bonds. The zero-order valence-electron chi connectivity index (χ0n) is 11.4. The summed E-state index contributed by atoms with van der Waals surface area (Å²) in [4.78, 5) is 27.3. The summed E-state index contributed by atoms with van der Waals surface area (Å²) in [5, 5.41) is 9.22. The Hall–Kier alpha value is -3.02. The van der Waals surface area contributed by atoms with Crippen LogP contribution in [0.4, 0.5) is 4.39 Å². The molecule has 0 aliphatic rings. The summed E-state index contributed by atoms with van der Waals surface area (Å²) in [5.74, 6) is -1.91. The molecule has 2 aromatic heterocycles. The fourth-order valence-electron chi connectivity index (χ4n) is 2.34. The minimum absolute atomic E-state index is 0.0500. The van der Waals surface area contributed by atoms with Gasteiger partial charge in [0.15, 0.2) is 0 Å². The normalized spacial score (nSPS) is 10.8. The molecule has 0 spiro atoms. The quantitative estimate of drug-likeness (QED) is 0.805. The van der Waals surface area contributed by atoms with Gasteiger partial charge in [-0.1, -0.05) is 0 Å². The predicted octanol–water partition coefficient (Wildman–Crippen LogP) is 2.28. The van der Waals surface area contributed by atoms with Gasteiger partial charge in [0, 0.05) is 30.5 Å². The molecule has 0 radical (unpaired) electrons. The highest BCUT2D eigenvalue weighted by Crippen LogP contribution is 2.15. The van der Waals surface area contributed by atoms with Crippen molar-refractivity contribution in [1.82, 2.24) is 9.55 Å². The van der Waals surface area contributed by atoms with E-state index in [1.807, 2.05) is 0 Å². The fraction of sp³-hybridized carbons (Fsp3) is 0.0625. The second-order valence-electron chi connectivity index (χ2n) is 4.82. The summed E-state index contributed by atoms with van der Waals surface area (Å²) in [7, 11) is 0. The number of hydrogen-bond acceptors (Lipinski definition) is 3. The lowest BCUT2D eigenvalue weighted by Crippen LogP contribution is -2.19. The number of hydrogen-bond donors (Lipinski definition) is 1. The van der Waals surface area contributed by atoms with Crippen LogP contribution in [0.1, 0.15) is 15.9 Å². The maximum Gasteiger partial charge on any atom is 0.341 e. The molecule has 110 valence electrons. The van der Waals surface area contributed by atoms with Gasteiger partial charge in [0.05, 0.1) is 5.52 Å². The van der Waals surface area contributed by atoms with Crippen LogP contribution in [0.2, 0.25) is 0 Å². The van der Waals surface area contributed by atoms with Crippen molar-refractivity contribution in [1.29, 1.82) is 0 Å². The lowest BCUT2D eigenvalue weighted by atomic mass is 10.1. The van der Waals surface area contributed by atoms with Crippen LogP contribution in [0, 0.1) is 5.82 Å². The summed E-state index contributed by atoms with van der Waals surface area (Å²) in [5.41, 5.74) is 0.300. The maximum atomic E-state index is 13.4. The van der Waals surface area contributed by atoms with Crippen molar-refractivity contribution in [2.24, 2.45) is 0 Å². The first kappa shape index (κ1) is 13.9. The van der Waals surface area contributed by atoms with Crippen molar-refractivity contribution >= 4 is 16.9 Å². The van der Waals surface area contributed by atoms with Gasteiger partial charge in [0.1, 0.15) is 11.4 Å². The van der Waals surface area contributed by atoms with Crippen LogP contribution in [-0.4, -0.2) is 20.6 Å². The minimum Gasteiger partial charge on any atom is -0.477 e. The molecule has 0 fully saturated rings. The van der Waals surface area contributed by atoms with E-state index in [0.29, 0.717) is 12.1 Å². The monoisotopic (exact) mass is 298 g/mol. The number of halogens is 1.